The van der Waals surface area contributed by atoms with Crippen LogP contribution in [-0.4, -0.2) is 66.9 Å². The maximum absolute atomic E-state index is 12.8. The van der Waals surface area contributed by atoms with Gasteiger partial charge in [0, 0.05) is 11.1 Å². The number of rotatable bonds is 10. The summed E-state index contributed by atoms with van der Waals surface area (Å²) in [5.74, 6) is -1.81. The van der Waals surface area contributed by atoms with Gasteiger partial charge in [0.25, 0.3) is 11.8 Å². The smallest absolute Gasteiger partial charge is 0.352 e. The van der Waals surface area contributed by atoms with Crippen molar-refractivity contribution < 1.29 is 24.3 Å². The Balaban J connectivity index is 1.64. The number of unbranched alkanes of at least 4 members (excludes halogenated alkanes) is 3. The largest absolute Gasteiger partial charge is 0.477 e. The molecular weight excluding hydrogens is 418 g/mol. The number of amides is 2. The van der Waals surface area contributed by atoms with E-state index in [1.54, 1.807) is 5.38 Å². The van der Waals surface area contributed by atoms with Crippen molar-refractivity contribution in [3.63, 3.8) is 0 Å². The van der Waals surface area contributed by atoms with Crippen molar-refractivity contribution in [3.05, 3.63) is 22.8 Å². The van der Waals surface area contributed by atoms with Crippen molar-refractivity contribution in [2.75, 3.05) is 12.4 Å². The lowest BCUT2D eigenvalue weighted by Crippen LogP contribution is -2.70. The highest BCUT2D eigenvalue weighted by atomic mass is 32.2. The monoisotopic (exact) mass is 439 g/mol. The Kier molecular flexibility index (Phi) is 7.20. The van der Waals surface area contributed by atoms with Gasteiger partial charge in [-0.3, -0.25) is 14.5 Å². The minimum atomic E-state index is -1.17. The third-order valence-electron chi connectivity index (χ3n) is 4.41. The number of aromatic nitrogens is 2. The van der Waals surface area contributed by atoms with E-state index in [4.69, 9.17) is 4.84 Å². The molecule has 0 aliphatic carbocycles. The predicted octanol–water partition coefficient (Wildman–Crippen LogP) is 1.21. The van der Waals surface area contributed by atoms with Gasteiger partial charge in [0.2, 0.25) is 0 Å². The molecule has 0 bridgehead atoms. The fourth-order valence-electron chi connectivity index (χ4n) is 2.92. The van der Waals surface area contributed by atoms with Gasteiger partial charge in [-0.2, -0.15) is 0 Å². The number of hydrogen-bond donors (Lipinski definition) is 2. The summed E-state index contributed by atoms with van der Waals surface area (Å²) < 4.78 is 3.74. The summed E-state index contributed by atoms with van der Waals surface area (Å²) in [5, 5.41) is 20.7. The van der Waals surface area contributed by atoms with Crippen molar-refractivity contribution in [3.8, 4) is 0 Å². The summed E-state index contributed by atoms with van der Waals surface area (Å²) in [4.78, 5) is 42.9. The standard InChI is InChI=1S/C17H21N5O5S2/c1-2-3-4-5-7-27-20-12(10-9-29-21-19-10)14(23)18-13-15(24)22-11(17(25)26)6-8-28-16(13)22/h6,9,13,16H,2-5,7-8H2,1H3,(H,18,23)(H,25,26)/t13?,16-/m1/s1. The first-order chi connectivity index (χ1) is 14.0. The van der Waals surface area contributed by atoms with Crippen LogP contribution in [0.2, 0.25) is 0 Å². The molecule has 156 valence electrons. The fourth-order valence-corrected chi connectivity index (χ4v) is 4.56. The number of thioether (sulfide) groups is 1. The summed E-state index contributed by atoms with van der Waals surface area (Å²) in [6.45, 7) is 2.48. The predicted molar refractivity (Wildman–Crippen MR) is 107 cm³/mol. The molecule has 1 fully saturated rings. The van der Waals surface area contributed by atoms with Crippen LogP contribution in [0, 0.1) is 0 Å². The van der Waals surface area contributed by atoms with Crippen molar-refractivity contribution in [1.82, 2.24) is 19.8 Å². The molecule has 3 heterocycles. The zero-order valence-electron chi connectivity index (χ0n) is 15.7. The van der Waals surface area contributed by atoms with Gasteiger partial charge in [0.05, 0.1) is 0 Å². The molecule has 2 atom stereocenters. The van der Waals surface area contributed by atoms with E-state index in [9.17, 15) is 19.5 Å². The number of carbonyl (C=O) groups is 3. The molecule has 2 N–H and O–H groups in total. The average Bonchev–Trinajstić information content (AvgIpc) is 3.24. The summed E-state index contributed by atoms with van der Waals surface area (Å²) in [6.07, 6.45) is 5.52. The lowest BCUT2D eigenvalue weighted by atomic mass is 10.0. The van der Waals surface area contributed by atoms with Gasteiger partial charge < -0.3 is 15.3 Å². The third-order valence-corrected chi connectivity index (χ3v) is 6.10. The van der Waals surface area contributed by atoms with E-state index >= 15 is 0 Å². The first kappa shape index (κ1) is 21.2. The minimum Gasteiger partial charge on any atom is -0.477 e. The Hall–Kier alpha value is -2.47. The average molecular weight is 440 g/mol. The molecule has 0 aromatic carbocycles. The van der Waals surface area contributed by atoms with Gasteiger partial charge in [-0.1, -0.05) is 29.4 Å². The van der Waals surface area contributed by atoms with Crippen LogP contribution in [0.5, 0.6) is 0 Å². The van der Waals surface area contributed by atoms with Crippen LogP contribution in [0.25, 0.3) is 0 Å². The fraction of sp³-hybridized carbons (Fsp3) is 0.529. The van der Waals surface area contributed by atoms with Crippen molar-refractivity contribution >= 4 is 46.8 Å². The zero-order valence-corrected chi connectivity index (χ0v) is 17.4. The molecule has 12 heteroatoms. The number of carboxylic acid groups (broad SMARTS) is 1. The van der Waals surface area contributed by atoms with Crippen LogP contribution in [0.1, 0.15) is 38.3 Å². The van der Waals surface area contributed by atoms with Crippen LogP contribution >= 0.6 is 23.3 Å². The number of nitrogens with one attached hydrogen (secondary N) is 1. The van der Waals surface area contributed by atoms with E-state index in [1.165, 1.54) is 22.7 Å². The first-order valence-electron chi connectivity index (χ1n) is 9.21. The molecule has 1 saturated heterocycles. The third kappa shape index (κ3) is 4.75. The van der Waals surface area contributed by atoms with Crippen LogP contribution in [0.3, 0.4) is 0 Å². The second kappa shape index (κ2) is 9.83. The summed E-state index contributed by atoms with van der Waals surface area (Å²) >= 11 is 2.45. The molecule has 0 spiro atoms. The van der Waals surface area contributed by atoms with E-state index in [2.05, 4.69) is 27.0 Å². The van der Waals surface area contributed by atoms with Crippen molar-refractivity contribution in [2.24, 2.45) is 5.16 Å². The lowest BCUT2D eigenvalue weighted by molar-refractivity contribution is -0.150. The van der Waals surface area contributed by atoms with E-state index in [0.29, 0.717) is 12.4 Å². The van der Waals surface area contributed by atoms with Crippen molar-refractivity contribution in [2.45, 2.75) is 44.0 Å². The highest BCUT2D eigenvalue weighted by Crippen LogP contribution is 2.37. The number of oxime groups is 1. The van der Waals surface area contributed by atoms with E-state index in [1.807, 2.05) is 0 Å². The van der Waals surface area contributed by atoms with Gasteiger partial charge in [-0.15, -0.1) is 16.9 Å². The molecule has 3 rings (SSSR count). The number of hydrogen-bond acceptors (Lipinski definition) is 9. The molecular formula is C17H21N5O5S2. The Morgan fingerprint density at radius 3 is 2.93 bits per heavy atom. The van der Waals surface area contributed by atoms with E-state index in [-0.39, 0.29) is 17.1 Å². The van der Waals surface area contributed by atoms with Gasteiger partial charge >= 0.3 is 5.97 Å². The quantitative estimate of drug-likeness (QED) is 0.240. The summed E-state index contributed by atoms with van der Waals surface area (Å²) in [5.41, 5.74) is 0.139. The number of carbonyl (C=O) groups excluding carboxylic acids is 2. The van der Waals surface area contributed by atoms with Gasteiger partial charge in [0.15, 0.2) is 5.71 Å². The molecule has 1 aromatic rings. The van der Waals surface area contributed by atoms with Crippen LogP contribution in [0.4, 0.5) is 0 Å². The molecule has 1 aromatic heterocycles. The second-order valence-electron chi connectivity index (χ2n) is 6.40. The summed E-state index contributed by atoms with van der Waals surface area (Å²) in [6, 6.07) is -0.836. The van der Waals surface area contributed by atoms with E-state index in [0.717, 1.165) is 37.2 Å². The van der Waals surface area contributed by atoms with Crippen LogP contribution in [-0.2, 0) is 19.2 Å². The number of fused-ring (bicyclic) bond motifs is 1. The van der Waals surface area contributed by atoms with Crippen LogP contribution < -0.4 is 5.32 Å². The maximum Gasteiger partial charge on any atom is 0.352 e. The molecule has 0 radical (unpaired) electrons. The maximum atomic E-state index is 12.8. The highest BCUT2D eigenvalue weighted by Gasteiger charge is 2.53. The number of carboxylic acids is 1. The Bertz CT molecular complexity index is 826. The molecule has 2 aliphatic heterocycles. The minimum absolute atomic E-state index is 0.0581. The number of β-lactam (4-membered cyclic amide) rings is 1. The first-order valence-corrected chi connectivity index (χ1v) is 11.1. The molecule has 2 amide bonds. The SMILES string of the molecule is CCCCCCON=C(C(=O)NC1C(=O)N2C(C(=O)O)=CCS[C@H]12)c1csnn1. The molecule has 1 unspecified atom stereocenters. The normalized spacial score (nSPS) is 21.1. The highest BCUT2D eigenvalue weighted by molar-refractivity contribution is 8.00. The topological polar surface area (TPSA) is 134 Å². The lowest BCUT2D eigenvalue weighted by Gasteiger charge is -2.48. The number of nitrogens with zero attached hydrogens (tertiary/aromatic N) is 4. The molecule has 29 heavy (non-hydrogen) atoms. The number of aliphatic carboxylic acids is 1. The molecule has 0 saturated carbocycles. The zero-order chi connectivity index (χ0) is 20.8. The Morgan fingerprint density at radius 1 is 1.41 bits per heavy atom. The Labute approximate surface area is 175 Å². The second-order valence-corrected chi connectivity index (χ2v) is 8.16. The van der Waals surface area contributed by atoms with Gasteiger partial charge in [-0.25, -0.2) is 4.79 Å². The van der Waals surface area contributed by atoms with Crippen molar-refractivity contribution in [1.29, 1.82) is 0 Å². The van der Waals surface area contributed by atoms with Gasteiger partial charge in [0.1, 0.15) is 29.4 Å². The molecule has 2 aliphatic rings. The summed E-state index contributed by atoms with van der Waals surface area (Å²) in [7, 11) is 0. The van der Waals surface area contributed by atoms with Crippen LogP contribution in [0.15, 0.2) is 22.3 Å². The molecule has 10 nitrogen and oxygen atoms in total. The van der Waals surface area contributed by atoms with E-state index < -0.39 is 29.2 Å². The Morgan fingerprint density at radius 2 is 2.24 bits per heavy atom. The van der Waals surface area contributed by atoms with Gasteiger partial charge in [-0.05, 0) is 30.5 Å².